The van der Waals surface area contributed by atoms with E-state index in [1.165, 1.54) is 48.1 Å². The molecule has 3 aliphatic rings. The van der Waals surface area contributed by atoms with Gasteiger partial charge in [-0.1, -0.05) is 12.1 Å². The molecule has 3 aliphatic heterocycles. The predicted molar refractivity (Wildman–Crippen MR) is 205 cm³/mol. The van der Waals surface area contributed by atoms with Gasteiger partial charge in [-0.15, -0.1) is 13.2 Å². The molecule has 7 rings (SSSR count). The van der Waals surface area contributed by atoms with Crippen molar-refractivity contribution in [2.24, 2.45) is 18.9 Å². The first kappa shape index (κ1) is 41.7. The van der Waals surface area contributed by atoms with Crippen LogP contribution in [0.25, 0.3) is 21.9 Å². The molecule has 2 N–H and O–H groups in total. The van der Waals surface area contributed by atoms with Crippen molar-refractivity contribution < 1.29 is 49.9 Å². The number of hydrogen-bond acceptors (Lipinski definition) is 8. The van der Waals surface area contributed by atoms with E-state index in [0.29, 0.717) is 55.5 Å². The summed E-state index contributed by atoms with van der Waals surface area (Å²) in [5.41, 5.74) is -0.152. The highest BCUT2D eigenvalue weighted by Gasteiger charge is 2.38. The highest BCUT2D eigenvalue weighted by molar-refractivity contribution is 6.01. The Morgan fingerprint density at radius 1 is 0.864 bits per heavy atom. The van der Waals surface area contributed by atoms with Gasteiger partial charge >= 0.3 is 12.5 Å². The van der Waals surface area contributed by atoms with Gasteiger partial charge in [-0.3, -0.25) is 29.4 Å². The summed E-state index contributed by atoms with van der Waals surface area (Å²) in [7, 11) is 1.50. The van der Waals surface area contributed by atoms with Crippen LogP contribution >= 0.6 is 0 Å². The van der Waals surface area contributed by atoms with Gasteiger partial charge in [0.25, 0.3) is 5.56 Å². The summed E-state index contributed by atoms with van der Waals surface area (Å²) in [6, 6.07) is 11.0. The molecule has 3 fully saturated rings. The molecule has 1 unspecified atom stereocenters. The van der Waals surface area contributed by atoms with Crippen LogP contribution in [0.3, 0.4) is 0 Å². The Balaban J connectivity index is 0.948. The zero-order valence-corrected chi connectivity index (χ0v) is 32.0. The SMILES string of the molecule is Cn1cc(-c2ccc(CC3CCN(CC(=O)C4CCN(c5ccc(NC6CCC(=O)NC6=O)cc5C(F)(F)F)CC4)CC3)c(OC(F)(F)F)c2)c2cc(F)ccc2c1=O. The number of halogens is 7. The van der Waals surface area contributed by atoms with Gasteiger partial charge in [0.1, 0.15) is 23.4 Å². The summed E-state index contributed by atoms with van der Waals surface area (Å²) >= 11 is 0. The van der Waals surface area contributed by atoms with Gasteiger partial charge in [0.2, 0.25) is 11.8 Å². The number of benzene rings is 3. The Morgan fingerprint density at radius 2 is 1.59 bits per heavy atom. The van der Waals surface area contributed by atoms with E-state index in [1.807, 2.05) is 4.90 Å². The number of amides is 2. The summed E-state index contributed by atoms with van der Waals surface area (Å²) in [6.45, 7) is 1.70. The lowest BCUT2D eigenvalue weighted by Crippen LogP contribution is -2.47. The Morgan fingerprint density at radius 3 is 2.27 bits per heavy atom. The lowest BCUT2D eigenvalue weighted by molar-refractivity contribution is -0.274. The number of aromatic nitrogens is 1. The summed E-state index contributed by atoms with van der Waals surface area (Å²) in [4.78, 5) is 53.3. The van der Waals surface area contributed by atoms with Gasteiger partial charge in [0.15, 0.2) is 0 Å². The van der Waals surface area contributed by atoms with E-state index < -0.39 is 41.8 Å². The number of likely N-dealkylation sites (tertiary alicyclic amines) is 1. The highest BCUT2D eigenvalue weighted by atomic mass is 19.4. The lowest BCUT2D eigenvalue weighted by Gasteiger charge is -2.36. The third-order valence-corrected chi connectivity index (χ3v) is 11.5. The number of piperidine rings is 3. The first-order valence-electron chi connectivity index (χ1n) is 19.4. The topological polar surface area (TPSA) is 113 Å². The zero-order valence-electron chi connectivity index (χ0n) is 32.0. The van der Waals surface area contributed by atoms with Gasteiger partial charge in [0, 0.05) is 61.0 Å². The number of pyridine rings is 1. The van der Waals surface area contributed by atoms with Gasteiger partial charge < -0.3 is 19.5 Å². The molecule has 1 aromatic heterocycles. The summed E-state index contributed by atoms with van der Waals surface area (Å²) in [5, 5.41) is 5.45. The number of hydrogen-bond donors (Lipinski definition) is 2. The Bertz CT molecular complexity index is 2310. The summed E-state index contributed by atoms with van der Waals surface area (Å²) in [6.07, 6.45) is -5.75. The van der Waals surface area contributed by atoms with E-state index in [0.717, 1.165) is 12.1 Å². The van der Waals surface area contributed by atoms with Crippen LogP contribution in [-0.2, 0) is 34.0 Å². The minimum atomic E-state index is -4.98. The maximum atomic E-state index is 14.2. The van der Waals surface area contributed by atoms with Gasteiger partial charge in [-0.2, -0.15) is 13.2 Å². The third-order valence-electron chi connectivity index (χ3n) is 11.5. The fourth-order valence-corrected chi connectivity index (χ4v) is 8.39. The number of Topliss-reactive ketones (excluding diaryl/α,β-unsaturated/α-hetero) is 1. The molecule has 17 heteroatoms. The van der Waals surface area contributed by atoms with Crippen molar-refractivity contribution >= 4 is 39.7 Å². The Labute approximate surface area is 334 Å². The van der Waals surface area contributed by atoms with Crippen molar-refractivity contribution in [1.29, 1.82) is 0 Å². The molecule has 0 spiro atoms. The molecule has 59 heavy (non-hydrogen) atoms. The third kappa shape index (κ3) is 9.72. The fraction of sp³-hybridized carbons (Fsp3) is 0.429. The van der Waals surface area contributed by atoms with Gasteiger partial charge in [0.05, 0.1) is 12.1 Å². The van der Waals surface area contributed by atoms with Crippen LogP contribution in [-0.4, -0.2) is 72.2 Å². The standard InChI is InChI=1S/C42H42F7N5O5/c1-52-22-32(31-20-28(43)4-6-30(31)40(52)58)26-2-3-27(37(19-26)59-42(47,48)49)18-24-10-14-53(15-11-24)23-36(55)25-12-16-54(17-13-25)35-8-5-29(21-33(35)41(44,45)46)50-34-7-9-38(56)51-39(34)57/h2-6,8,19-22,24-25,34,50H,7,9-18,23H2,1H3,(H,51,56,57). The van der Waals surface area contributed by atoms with Crippen LogP contribution in [0.2, 0.25) is 0 Å². The number of nitrogens with zero attached hydrogens (tertiary/aromatic N) is 3. The Kier molecular flexibility index (Phi) is 11.8. The molecule has 0 aliphatic carbocycles. The number of ketones is 1. The van der Waals surface area contributed by atoms with Crippen LogP contribution in [0.15, 0.2) is 65.6 Å². The molecule has 4 aromatic rings. The van der Waals surface area contributed by atoms with E-state index in [1.54, 1.807) is 17.0 Å². The van der Waals surface area contributed by atoms with Crippen LogP contribution in [0, 0.1) is 17.7 Å². The zero-order chi connectivity index (χ0) is 42.2. The van der Waals surface area contributed by atoms with Crippen molar-refractivity contribution in [3.8, 4) is 16.9 Å². The van der Waals surface area contributed by atoms with E-state index >= 15 is 0 Å². The second-order valence-electron chi connectivity index (χ2n) is 15.5. The average Bonchev–Trinajstić information content (AvgIpc) is 3.18. The van der Waals surface area contributed by atoms with Crippen LogP contribution in [0.1, 0.15) is 49.7 Å². The molecule has 314 valence electrons. The maximum Gasteiger partial charge on any atom is 0.573 e. The number of imide groups is 1. The molecule has 3 saturated heterocycles. The van der Waals surface area contributed by atoms with Crippen LogP contribution < -0.4 is 25.8 Å². The van der Waals surface area contributed by atoms with Gasteiger partial charge in [-0.25, -0.2) is 4.39 Å². The maximum absolute atomic E-state index is 14.2. The number of ether oxygens (including phenoxy) is 1. The van der Waals surface area contributed by atoms with E-state index in [2.05, 4.69) is 15.4 Å². The fourth-order valence-electron chi connectivity index (χ4n) is 8.39. The number of carbonyl (C=O) groups is 3. The average molecular weight is 830 g/mol. The van der Waals surface area contributed by atoms with Gasteiger partial charge in [-0.05, 0) is 117 Å². The molecule has 1 atom stereocenters. The van der Waals surface area contributed by atoms with Crippen molar-refractivity contribution in [3.05, 3.63) is 88.1 Å². The smallest absolute Gasteiger partial charge is 0.405 e. The molecular weight excluding hydrogens is 787 g/mol. The van der Waals surface area contributed by atoms with Crippen molar-refractivity contribution in [1.82, 2.24) is 14.8 Å². The number of anilines is 2. The molecule has 0 radical (unpaired) electrons. The number of aryl methyl sites for hydroxylation is 1. The van der Waals surface area contributed by atoms with Crippen molar-refractivity contribution in [2.75, 3.05) is 42.9 Å². The van der Waals surface area contributed by atoms with Crippen molar-refractivity contribution in [2.45, 2.75) is 63.5 Å². The quantitative estimate of drug-likeness (QED) is 0.127. The number of fused-ring (bicyclic) bond motifs is 1. The monoisotopic (exact) mass is 829 g/mol. The molecule has 0 saturated carbocycles. The van der Waals surface area contributed by atoms with E-state index in [9.17, 15) is 49.9 Å². The lowest BCUT2D eigenvalue weighted by atomic mass is 9.88. The Hall–Kier alpha value is -5.45. The van der Waals surface area contributed by atoms with Crippen molar-refractivity contribution in [3.63, 3.8) is 0 Å². The van der Waals surface area contributed by atoms with E-state index in [-0.39, 0.29) is 90.0 Å². The van der Waals surface area contributed by atoms with Crippen LogP contribution in [0.5, 0.6) is 5.75 Å². The molecule has 0 bridgehead atoms. The number of carbonyl (C=O) groups excluding carboxylic acids is 3. The molecule has 3 aromatic carbocycles. The predicted octanol–water partition coefficient (Wildman–Crippen LogP) is 7.22. The highest BCUT2D eigenvalue weighted by Crippen LogP contribution is 2.41. The number of nitrogens with one attached hydrogen (secondary N) is 2. The largest absolute Gasteiger partial charge is 0.573 e. The minimum Gasteiger partial charge on any atom is -0.405 e. The second kappa shape index (κ2) is 16.7. The molecule has 4 heterocycles. The second-order valence-corrected chi connectivity index (χ2v) is 15.5. The molecule has 2 amide bonds. The molecular formula is C42H42F7N5O5. The summed E-state index contributed by atoms with van der Waals surface area (Å²) in [5.74, 6) is -2.37. The number of rotatable bonds is 10. The van der Waals surface area contributed by atoms with Crippen LogP contribution in [0.4, 0.5) is 42.1 Å². The summed E-state index contributed by atoms with van der Waals surface area (Å²) < 4.78 is 104. The number of alkyl halides is 6. The minimum absolute atomic E-state index is 0.00747. The van der Waals surface area contributed by atoms with E-state index in [4.69, 9.17) is 0 Å². The normalized spacial score (nSPS) is 18.9. The first-order valence-corrected chi connectivity index (χ1v) is 19.4. The first-order chi connectivity index (χ1) is 27.9. The molecule has 10 nitrogen and oxygen atoms in total.